The van der Waals surface area contributed by atoms with Crippen molar-refractivity contribution in [2.24, 2.45) is 0 Å². The van der Waals surface area contributed by atoms with Crippen LogP contribution in [0.4, 0.5) is 5.13 Å². The number of benzene rings is 1. The van der Waals surface area contributed by atoms with E-state index in [2.05, 4.69) is 10.3 Å². The van der Waals surface area contributed by atoms with Crippen molar-refractivity contribution in [3.8, 4) is 0 Å². The lowest BCUT2D eigenvalue weighted by atomic mass is 10.2. The van der Waals surface area contributed by atoms with Crippen LogP contribution in [0.3, 0.4) is 0 Å². The number of hydrogen-bond acceptors (Lipinski definition) is 6. The number of amides is 1. The fourth-order valence-electron chi connectivity index (χ4n) is 1.61. The summed E-state index contributed by atoms with van der Waals surface area (Å²) >= 11 is 1.29. The van der Waals surface area contributed by atoms with Gasteiger partial charge in [0.2, 0.25) is 0 Å². The zero-order valence-electron chi connectivity index (χ0n) is 11.1. The molecule has 0 radical (unpaired) electrons. The van der Waals surface area contributed by atoms with E-state index in [1.807, 2.05) is 0 Å². The highest BCUT2D eigenvalue weighted by molar-refractivity contribution is 7.22. The normalized spacial score (nSPS) is 10.5. The molecule has 0 spiro atoms. The number of nitrogens with one attached hydrogen (secondary N) is 1. The van der Waals surface area contributed by atoms with E-state index >= 15 is 0 Å². The van der Waals surface area contributed by atoms with Gasteiger partial charge in [0.25, 0.3) is 5.91 Å². The zero-order chi connectivity index (χ0) is 14.5. The van der Waals surface area contributed by atoms with E-state index in [1.54, 1.807) is 25.1 Å². The summed E-state index contributed by atoms with van der Waals surface area (Å²) in [6.07, 6.45) is 0. The summed E-state index contributed by atoms with van der Waals surface area (Å²) < 4.78 is 10.5. The molecule has 2 rings (SSSR count). The molecule has 0 unspecified atom stereocenters. The molecule has 0 saturated heterocycles. The zero-order valence-corrected chi connectivity index (χ0v) is 12.0. The molecule has 106 valence electrons. The van der Waals surface area contributed by atoms with Crippen LogP contribution in [-0.4, -0.2) is 37.2 Å². The van der Waals surface area contributed by atoms with Crippen LogP contribution in [-0.2, 0) is 14.3 Å². The molecular formula is C13H14N2O4S. The van der Waals surface area contributed by atoms with Crippen molar-refractivity contribution in [2.75, 3.05) is 25.6 Å². The van der Waals surface area contributed by atoms with Crippen molar-refractivity contribution in [3.63, 3.8) is 0 Å². The molecule has 20 heavy (non-hydrogen) atoms. The van der Waals surface area contributed by atoms with E-state index in [4.69, 9.17) is 9.47 Å². The Labute approximate surface area is 119 Å². The minimum atomic E-state index is -0.368. The van der Waals surface area contributed by atoms with Crippen molar-refractivity contribution in [3.05, 3.63) is 23.8 Å². The van der Waals surface area contributed by atoms with Crippen LogP contribution in [0.5, 0.6) is 0 Å². The molecule has 0 saturated carbocycles. The number of methoxy groups -OCH3 is 1. The Morgan fingerprint density at radius 2 is 2.20 bits per heavy atom. The first-order chi connectivity index (χ1) is 9.63. The van der Waals surface area contributed by atoms with Gasteiger partial charge < -0.3 is 9.47 Å². The first-order valence-electron chi connectivity index (χ1n) is 6.00. The summed E-state index contributed by atoms with van der Waals surface area (Å²) in [5.41, 5.74) is 1.19. The van der Waals surface area contributed by atoms with Gasteiger partial charge in [0.15, 0.2) is 5.13 Å². The van der Waals surface area contributed by atoms with Crippen LogP contribution in [0.2, 0.25) is 0 Å². The maximum atomic E-state index is 11.6. The van der Waals surface area contributed by atoms with Gasteiger partial charge in [0.1, 0.15) is 6.61 Å². The van der Waals surface area contributed by atoms with E-state index in [9.17, 15) is 9.59 Å². The van der Waals surface area contributed by atoms with Crippen molar-refractivity contribution in [2.45, 2.75) is 6.92 Å². The van der Waals surface area contributed by atoms with Gasteiger partial charge in [0.05, 0.1) is 22.4 Å². The number of fused-ring (bicyclic) bond motifs is 1. The predicted octanol–water partition coefficient (Wildman–Crippen LogP) is 2.06. The van der Waals surface area contributed by atoms with Crippen molar-refractivity contribution < 1.29 is 19.1 Å². The number of rotatable bonds is 5. The number of carbonyl (C=O) groups excluding carboxylic acids is 2. The minimum Gasteiger partial charge on any atom is -0.462 e. The van der Waals surface area contributed by atoms with E-state index in [1.165, 1.54) is 18.4 Å². The van der Waals surface area contributed by atoms with Crippen LogP contribution in [0.15, 0.2) is 18.2 Å². The highest BCUT2D eigenvalue weighted by Gasteiger charge is 2.11. The molecule has 1 amide bonds. The second-order valence-electron chi connectivity index (χ2n) is 3.90. The molecule has 0 fully saturated rings. The number of hydrogen-bond donors (Lipinski definition) is 1. The number of anilines is 1. The molecule has 7 heteroatoms. The van der Waals surface area contributed by atoms with Gasteiger partial charge in [-0.25, -0.2) is 9.78 Å². The quantitative estimate of drug-likeness (QED) is 0.854. The molecule has 0 aliphatic heterocycles. The Morgan fingerprint density at radius 1 is 1.40 bits per heavy atom. The molecular weight excluding hydrogens is 280 g/mol. The Kier molecular flexibility index (Phi) is 4.65. The SMILES string of the molecule is CCOC(=O)c1ccc2nc(NC(=O)COC)sc2c1. The Balaban J connectivity index is 2.21. The average molecular weight is 294 g/mol. The number of esters is 1. The summed E-state index contributed by atoms with van der Waals surface area (Å²) in [5, 5.41) is 3.11. The first kappa shape index (κ1) is 14.4. The van der Waals surface area contributed by atoms with Gasteiger partial charge in [-0.3, -0.25) is 10.1 Å². The third-order valence-corrected chi connectivity index (χ3v) is 3.35. The maximum absolute atomic E-state index is 11.6. The number of ether oxygens (including phenoxy) is 2. The Bertz CT molecular complexity index is 638. The summed E-state index contributed by atoms with van der Waals surface area (Å²) in [4.78, 5) is 27.3. The van der Waals surface area contributed by atoms with Crippen LogP contribution in [0, 0.1) is 0 Å². The third kappa shape index (κ3) is 3.31. The lowest BCUT2D eigenvalue weighted by molar-refractivity contribution is -0.119. The largest absolute Gasteiger partial charge is 0.462 e. The average Bonchev–Trinajstić information content (AvgIpc) is 2.80. The van der Waals surface area contributed by atoms with Crippen molar-refractivity contribution >= 4 is 38.6 Å². The Morgan fingerprint density at radius 3 is 2.90 bits per heavy atom. The predicted molar refractivity (Wildman–Crippen MR) is 76.1 cm³/mol. The molecule has 0 aliphatic rings. The standard InChI is InChI=1S/C13H14N2O4S/c1-3-19-12(17)8-4-5-9-10(6-8)20-13(14-9)15-11(16)7-18-2/h4-6H,3,7H2,1-2H3,(H,14,15,16). The molecule has 0 bridgehead atoms. The van der Waals surface area contributed by atoms with Gasteiger partial charge in [-0.05, 0) is 25.1 Å². The molecule has 0 aliphatic carbocycles. The van der Waals surface area contributed by atoms with Gasteiger partial charge in [-0.2, -0.15) is 0 Å². The van der Waals surface area contributed by atoms with Crippen LogP contribution in [0.1, 0.15) is 17.3 Å². The van der Waals surface area contributed by atoms with Crippen LogP contribution in [0.25, 0.3) is 10.2 Å². The third-order valence-electron chi connectivity index (χ3n) is 2.42. The van der Waals surface area contributed by atoms with E-state index in [-0.39, 0.29) is 18.5 Å². The molecule has 1 N–H and O–H groups in total. The lowest BCUT2D eigenvalue weighted by Gasteiger charge is -2.00. The molecule has 6 nitrogen and oxygen atoms in total. The maximum Gasteiger partial charge on any atom is 0.338 e. The van der Waals surface area contributed by atoms with Crippen LogP contribution < -0.4 is 5.32 Å². The van der Waals surface area contributed by atoms with E-state index in [0.717, 1.165) is 10.2 Å². The number of thiazole rings is 1. The Hall–Kier alpha value is -1.99. The molecule has 1 heterocycles. The molecule has 0 atom stereocenters. The lowest BCUT2D eigenvalue weighted by Crippen LogP contribution is -2.16. The monoisotopic (exact) mass is 294 g/mol. The topological polar surface area (TPSA) is 77.5 Å². The van der Waals surface area contributed by atoms with Crippen LogP contribution >= 0.6 is 11.3 Å². The fourth-order valence-corrected chi connectivity index (χ4v) is 2.53. The number of aromatic nitrogens is 1. The second kappa shape index (κ2) is 6.44. The summed E-state index contributed by atoms with van der Waals surface area (Å²) in [6.45, 7) is 2.06. The smallest absolute Gasteiger partial charge is 0.338 e. The minimum absolute atomic E-state index is 0.0238. The van der Waals surface area contributed by atoms with Crippen molar-refractivity contribution in [1.82, 2.24) is 4.98 Å². The van der Waals surface area contributed by atoms with Gasteiger partial charge in [0, 0.05) is 7.11 Å². The summed E-state index contributed by atoms with van der Waals surface area (Å²) in [7, 11) is 1.45. The summed E-state index contributed by atoms with van der Waals surface area (Å²) in [6, 6.07) is 5.09. The number of nitrogens with zero attached hydrogens (tertiary/aromatic N) is 1. The first-order valence-corrected chi connectivity index (χ1v) is 6.82. The molecule has 2 aromatic rings. The highest BCUT2D eigenvalue weighted by Crippen LogP contribution is 2.27. The van der Waals surface area contributed by atoms with Gasteiger partial charge in [-0.15, -0.1) is 0 Å². The molecule has 1 aromatic heterocycles. The van der Waals surface area contributed by atoms with Gasteiger partial charge >= 0.3 is 5.97 Å². The fraction of sp³-hybridized carbons (Fsp3) is 0.308. The number of carbonyl (C=O) groups is 2. The highest BCUT2D eigenvalue weighted by atomic mass is 32.1. The summed E-state index contributed by atoms with van der Waals surface area (Å²) in [5.74, 6) is -0.634. The van der Waals surface area contributed by atoms with E-state index in [0.29, 0.717) is 17.3 Å². The van der Waals surface area contributed by atoms with E-state index < -0.39 is 0 Å². The van der Waals surface area contributed by atoms with Crippen molar-refractivity contribution in [1.29, 1.82) is 0 Å². The second-order valence-corrected chi connectivity index (χ2v) is 4.93. The van der Waals surface area contributed by atoms with Gasteiger partial charge in [-0.1, -0.05) is 11.3 Å². The molecule has 1 aromatic carbocycles.